The minimum absolute atomic E-state index is 0.0348. The zero-order valence-electron chi connectivity index (χ0n) is 11.2. The third-order valence-corrected chi connectivity index (χ3v) is 4.29. The average molecular weight is 327 g/mol. The molecule has 1 heterocycles. The molecule has 2 atom stereocenters. The summed E-state index contributed by atoms with van der Waals surface area (Å²) in [5, 5.41) is 9.50. The first kappa shape index (κ1) is 14.5. The van der Waals surface area contributed by atoms with E-state index >= 15 is 0 Å². The number of rotatable bonds is 2. The molecular weight excluding hydrogens is 308 g/mol. The highest BCUT2D eigenvalue weighted by Gasteiger charge is 2.34. The third-order valence-electron chi connectivity index (χ3n) is 3.80. The van der Waals surface area contributed by atoms with Crippen molar-refractivity contribution < 1.29 is 9.90 Å². The number of aliphatic hydroxyl groups is 1. The van der Waals surface area contributed by atoms with E-state index in [1.807, 2.05) is 36.2 Å². The van der Waals surface area contributed by atoms with E-state index in [9.17, 15) is 9.90 Å². The SMILES string of the molecule is CC1CCN(c2cccc(Br)c2)C(=O)C(CO)N1C. The van der Waals surface area contributed by atoms with E-state index in [1.165, 1.54) is 0 Å². The summed E-state index contributed by atoms with van der Waals surface area (Å²) >= 11 is 3.43. The van der Waals surface area contributed by atoms with Crippen molar-refractivity contribution in [3.05, 3.63) is 28.7 Å². The smallest absolute Gasteiger partial charge is 0.246 e. The lowest BCUT2D eigenvalue weighted by Crippen LogP contribution is -2.48. The zero-order chi connectivity index (χ0) is 14.0. The van der Waals surface area contributed by atoms with Gasteiger partial charge in [-0.05, 0) is 38.6 Å². The second-order valence-electron chi connectivity index (χ2n) is 4.97. The van der Waals surface area contributed by atoms with E-state index in [2.05, 4.69) is 22.9 Å². The minimum atomic E-state index is -0.462. The Kier molecular flexibility index (Phi) is 4.60. The summed E-state index contributed by atoms with van der Waals surface area (Å²) < 4.78 is 0.948. The van der Waals surface area contributed by atoms with Crippen LogP contribution in [0.3, 0.4) is 0 Å². The number of carbonyl (C=O) groups excluding carboxylic acids is 1. The molecule has 1 aliphatic heterocycles. The molecule has 0 spiro atoms. The second kappa shape index (κ2) is 6.03. The normalized spacial score (nSPS) is 25.5. The van der Waals surface area contributed by atoms with Crippen LogP contribution >= 0.6 is 15.9 Å². The summed E-state index contributed by atoms with van der Waals surface area (Å²) in [6.45, 7) is 2.61. The molecule has 0 bridgehead atoms. The van der Waals surface area contributed by atoms with Gasteiger partial charge in [0.1, 0.15) is 6.04 Å². The first-order valence-corrected chi connectivity index (χ1v) is 7.23. The van der Waals surface area contributed by atoms with Crippen LogP contribution in [0.1, 0.15) is 13.3 Å². The Hall–Kier alpha value is -0.910. The number of aliphatic hydroxyl groups excluding tert-OH is 1. The van der Waals surface area contributed by atoms with Crippen molar-refractivity contribution >= 4 is 27.5 Å². The topological polar surface area (TPSA) is 43.8 Å². The van der Waals surface area contributed by atoms with E-state index in [1.54, 1.807) is 4.90 Å². The van der Waals surface area contributed by atoms with E-state index in [0.717, 1.165) is 16.6 Å². The molecule has 1 fully saturated rings. The molecule has 1 aromatic carbocycles. The molecule has 4 nitrogen and oxygen atoms in total. The lowest BCUT2D eigenvalue weighted by atomic mass is 10.2. The molecule has 0 aliphatic carbocycles. The van der Waals surface area contributed by atoms with Crippen LogP contribution in [-0.4, -0.2) is 48.2 Å². The van der Waals surface area contributed by atoms with Gasteiger partial charge in [-0.15, -0.1) is 0 Å². The van der Waals surface area contributed by atoms with Crippen molar-refractivity contribution in [2.75, 3.05) is 25.1 Å². The Balaban J connectivity index is 2.32. The van der Waals surface area contributed by atoms with Gasteiger partial charge in [-0.25, -0.2) is 0 Å². The number of likely N-dealkylation sites (N-methyl/N-ethyl adjacent to an activating group) is 1. The highest BCUT2D eigenvalue weighted by atomic mass is 79.9. The maximum absolute atomic E-state index is 12.6. The molecular formula is C14H19BrN2O2. The van der Waals surface area contributed by atoms with Crippen molar-refractivity contribution in [3.8, 4) is 0 Å². The molecule has 2 unspecified atom stereocenters. The molecule has 104 valence electrons. The fourth-order valence-corrected chi connectivity index (χ4v) is 2.79. The molecule has 1 aliphatic rings. The summed E-state index contributed by atoms with van der Waals surface area (Å²) in [7, 11) is 1.90. The molecule has 0 aromatic heterocycles. The molecule has 5 heteroatoms. The number of benzene rings is 1. The van der Waals surface area contributed by atoms with Gasteiger partial charge >= 0.3 is 0 Å². The lowest BCUT2D eigenvalue weighted by molar-refractivity contribution is -0.124. The summed E-state index contributed by atoms with van der Waals surface area (Å²) in [6.07, 6.45) is 0.894. The predicted octanol–water partition coefficient (Wildman–Crippen LogP) is 1.87. The third kappa shape index (κ3) is 2.99. The monoisotopic (exact) mass is 326 g/mol. The maximum atomic E-state index is 12.6. The molecule has 1 saturated heterocycles. The molecule has 0 radical (unpaired) electrons. The largest absolute Gasteiger partial charge is 0.394 e. The van der Waals surface area contributed by atoms with E-state index in [4.69, 9.17) is 0 Å². The van der Waals surface area contributed by atoms with Crippen LogP contribution in [0.25, 0.3) is 0 Å². The quantitative estimate of drug-likeness (QED) is 0.902. The van der Waals surface area contributed by atoms with Crippen molar-refractivity contribution in [2.45, 2.75) is 25.4 Å². The van der Waals surface area contributed by atoms with Gasteiger partial charge < -0.3 is 10.0 Å². The number of halogens is 1. The Morgan fingerprint density at radius 3 is 2.84 bits per heavy atom. The number of anilines is 1. The van der Waals surface area contributed by atoms with Crippen molar-refractivity contribution in [1.82, 2.24) is 4.90 Å². The fourth-order valence-electron chi connectivity index (χ4n) is 2.40. The van der Waals surface area contributed by atoms with Gasteiger partial charge in [0.2, 0.25) is 5.91 Å². The molecule has 1 amide bonds. The molecule has 1 aromatic rings. The van der Waals surface area contributed by atoms with Crippen LogP contribution in [0, 0.1) is 0 Å². The molecule has 19 heavy (non-hydrogen) atoms. The van der Waals surface area contributed by atoms with Gasteiger partial charge in [-0.2, -0.15) is 0 Å². The van der Waals surface area contributed by atoms with Gasteiger partial charge in [0.05, 0.1) is 6.61 Å². The molecule has 0 saturated carbocycles. The Bertz CT molecular complexity index is 467. The van der Waals surface area contributed by atoms with Crippen molar-refractivity contribution in [1.29, 1.82) is 0 Å². The Labute approximate surface area is 122 Å². The van der Waals surface area contributed by atoms with E-state index in [-0.39, 0.29) is 18.6 Å². The van der Waals surface area contributed by atoms with Gasteiger partial charge in [0, 0.05) is 22.7 Å². The van der Waals surface area contributed by atoms with Crippen LogP contribution in [0.5, 0.6) is 0 Å². The van der Waals surface area contributed by atoms with Crippen LogP contribution in [0.2, 0.25) is 0 Å². The fraction of sp³-hybridized carbons (Fsp3) is 0.500. The lowest BCUT2D eigenvalue weighted by Gasteiger charge is -2.29. The standard InChI is InChI=1S/C14H19BrN2O2/c1-10-6-7-17(12-5-3-4-11(15)8-12)14(19)13(9-18)16(10)2/h3-5,8,10,13,18H,6-7,9H2,1-2H3. The van der Waals surface area contributed by atoms with Crippen LogP contribution in [0.4, 0.5) is 5.69 Å². The maximum Gasteiger partial charge on any atom is 0.246 e. The van der Waals surface area contributed by atoms with Gasteiger partial charge in [0.25, 0.3) is 0 Å². The number of hydrogen-bond donors (Lipinski definition) is 1. The average Bonchev–Trinajstić information content (AvgIpc) is 2.48. The second-order valence-corrected chi connectivity index (χ2v) is 5.89. The first-order chi connectivity index (χ1) is 9.04. The molecule has 1 N–H and O–H groups in total. The summed E-state index contributed by atoms with van der Waals surface area (Å²) in [6, 6.07) is 7.52. The summed E-state index contributed by atoms with van der Waals surface area (Å²) in [5.74, 6) is -0.0348. The van der Waals surface area contributed by atoms with Gasteiger partial charge in [0.15, 0.2) is 0 Å². The molecule has 2 rings (SSSR count). The first-order valence-electron chi connectivity index (χ1n) is 6.44. The van der Waals surface area contributed by atoms with Gasteiger partial charge in [-0.1, -0.05) is 22.0 Å². The summed E-state index contributed by atoms with van der Waals surface area (Å²) in [4.78, 5) is 16.3. The minimum Gasteiger partial charge on any atom is -0.394 e. The predicted molar refractivity (Wildman–Crippen MR) is 79.2 cm³/mol. The van der Waals surface area contributed by atoms with Gasteiger partial charge in [-0.3, -0.25) is 9.69 Å². The van der Waals surface area contributed by atoms with Crippen LogP contribution < -0.4 is 4.90 Å². The van der Waals surface area contributed by atoms with Crippen molar-refractivity contribution in [2.24, 2.45) is 0 Å². The number of carbonyl (C=O) groups is 1. The highest BCUT2D eigenvalue weighted by Crippen LogP contribution is 2.24. The van der Waals surface area contributed by atoms with E-state index in [0.29, 0.717) is 6.54 Å². The van der Waals surface area contributed by atoms with Crippen LogP contribution in [0.15, 0.2) is 28.7 Å². The zero-order valence-corrected chi connectivity index (χ0v) is 12.8. The summed E-state index contributed by atoms with van der Waals surface area (Å²) in [5.41, 5.74) is 0.875. The number of amides is 1. The Morgan fingerprint density at radius 1 is 1.47 bits per heavy atom. The van der Waals surface area contributed by atoms with E-state index < -0.39 is 6.04 Å². The highest BCUT2D eigenvalue weighted by molar-refractivity contribution is 9.10. The number of hydrogen-bond acceptors (Lipinski definition) is 3. The van der Waals surface area contributed by atoms with Crippen LogP contribution in [-0.2, 0) is 4.79 Å². The number of nitrogens with zero attached hydrogens (tertiary/aromatic N) is 2. The Morgan fingerprint density at radius 2 is 2.21 bits per heavy atom. The van der Waals surface area contributed by atoms with Crippen molar-refractivity contribution in [3.63, 3.8) is 0 Å².